The maximum absolute atomic E-state index is 13.4. The molecule has 1 aromatic carbocycles. The van der Waals surface area contributed by atoms with Gasteiger partial charge in [0, 0.05) is 6.07 Å². The van der Waals surface area contributed by atoms with Crippen molar-refractivity contribution in [1.82, 2.24) is 10.4 Å². The Hall–Kier alpha value is -1.70. The van der Waals surface area contributed by atoms with Gasteiger partial charge in [0.2, 0.25) is 0 Å². The maximum Gasteiger partial charge on any atom is 0.283 e. The molecule has 1 heterocycles. The van der Waals surface area contributed by atoms with Crippen molar-refractivity contribution < 1.29 is 13.9 Å². The number of nitrogen functional groups attached to an aromatic ring is 1. The van der Waals surface area contributed by atoms with Crippen molar-refractivity contribution in [3.63, 3.8) is 0 Å². The Morgan fingerprint density at radius 3 is 2.95 bits per heavy atom. The van der Waals surface area contributed by atoms with Gasteiger partial charge in [0.05, 0.1) is 15.2 Å². The van der Waals surface area contributed by atoms with Crippen molar-refractivity contribution in [2.24, 2.45) is 5.84 Å². The van der Waals surface area contributed by atoms with Crippen LogP contribution in [-0.4, -0.2) is 10.9 Å². The summed E-state index contributed by atoms with van der Waals surface area (Å²) in [5.41, 5.74) is 2.66. The van der Waals surface area contributed by atoms with E-state index in [1.807, 2.05) is 5.43 Å². The van der Waals surface area contributed by atoms with Gasteiger partial charge in [-0.15, -0.1) is 0 Å². The molecule has 0 fully saturated rings. The first-order valence-electron chi connectivity index (χ1n) is 5.75. The van der Waals surface area contributed by atoms with Crippen molar-refractivity contribution in [3.8, 4) is 5.75 Å². The van der Waals surface area contributed by atoms with E-state index in [9.17, 15) is 9.18 Å². The predicted octanol–water partition coefficient (Wildman–Crippen LogP) is 2.82. The second kappa shape index (κ2) is 6.84. The largest absolute Gasteiger partial charge is 0.486 e. The van der Waals surface area contributed by atoms with Crippen molar-refractivity contribution in [2.75, 3.05) is 0 Å². The fourth-order valence-electron chi connectivity index (χ4n) is 1.53. The number of nitrogens with one attached hydrogen (secondary N) is 1. The zero-order valence-corrected chi connectivity index (χ0v) is 12.9. The highest BCUT2D eigenvalue weighted by atomic mass is 79.9. The van der Waals surface area contributed by atoms with Crippen LogP contribution in [0.2, 0.25) is 5.02 Å². The highest BCUT2D eigenvalue weighted by Gasteiger charge is 2.10. The fourth-order valence-corrected chi connectivity index (χ4v) is 2.28. The molecule has 110 valence electrons. The van der Waals surface area contributed by atoms with Gasteiger partial charge >= 0.3 is 0 Å². The Kier molecular flexibility index (Phi) is 5.11. The van der Waals surface area contributed by atoms with Gasteiger partial charge in [-0.3, -0.25) is 10.2 Å². The lowest BCUT2D eigenvalue weighted by atomic mass is 10.3. The fraction of sp³-hybridized carbons (Fsp3) is 0.0769. The van der Waals surface area contributed by atoms with E-state index in [1.165, 1.54) is 18.2 Å². The Morgan fingerprint density at radius 1 is 1.48 bits per heavy atom. The summed E-state index contributed by atoms with van der Waals surface area (Å²) in [5, 5.41) is -0.00559. The lowest BCUT2D eigenvalue weighted by Crippen LogP contribution is -2.30. The Balaban J connectivity index is 2.13. The number of hydrogen-bond donors (Lipinski definition) is 2. The van der Waals surface area contributed by atoms with Crippen molar-refractivity contribution in [3.05, 3.63) is 57.0 Å². The van der Waals surface area contributed by atoms with E-state index in [0.717, 1.165) is 0 Å². The summed E-state index contributed by atoms with van der Waals surface area (Å²) < 4.78 is 19.4. The van der Waals surface area contributed by atoms with Gasteiger partial charge in [0.15, 0.2) is 0 Å². The molecule has 0 bridgehead atoms. The van der Waals surface area contributed by atoms with Gasteiger partial charge in [-0.1, -0.05) is 17.7 Å². The van der Waals surface area contributed by atoms with Crippen LogP contribution in [0.25, 0.3) is 0 Å². The van der Waals surface area contributed by atoms with Crippen molar-refractivity contribution in [1.29, 1.82) is 0 Å². The normalized spacial score (nSPS) is 10.3. The summed E-state index contributed by atoms with van der Waals surface area (Å²) in [6.07, 6.45) is 0. The highest BCUT2D eigenvalue weighted by molar-refractivity contribution is 9.10. The van der Waals surface area contributed by atoms with Crippen LogP contribution >= 0.6 is 27.5 Å². The van der Waals surface area contributed by atoms with Crippen LogP contribution in [0.15, 0.2) is 34.8 Å². The molecule has 21 heavy (non-hydrogen) atoms. The molecular formula is C13H10BrClFN3O2. The average molecular weight is 375 g/mol. The molecular weight excluding hydrogens is 365 g/mol. The smallest absolute Gasteiger partial charge is 0.283 e. The van der Waals surface area contributed by atoms with E-state index in [0.29, 0.717) is 10.2 Å². The minimum Gasteiger partial charge on any atom is -0.486 e. The van der Waals surface area contributed by atoms with Crippen LogP contribution in [0.3, 0.4) is 0 Å². The van der Waals surface area contributed by atoms with Crippen LogP contribution in [0.5, 0.6) is 5.75 Å². The molecule has 0 aliphatic heterocycles. The summed E-state index contributed by atoms with van der Waals surface area (Å²) in [6.45, 7) is 0.0609. The monoisotopic (exact) mass is 373 g/mol. The summed E-state index contributed by atoms with van der Waals surface area (Å²) >= 11 is 8.87. The number of hydrogen-bond acceptors (Lipinski definition) is 4. The van der Waals surface area contributed by atoms with E-state index >= 15 is 0 Å². The molecule has 2 aromatic rings. The molecule has 0 radical (unpaired) electrons. The van der Waals surface area contributed by atoms with Gasteiger partial charge < -0.3 is 4.74 Å². The minimum absolute atomic E-state index is 0.00559. The molecule has 0 atom stereocenters. The van der Waals surface area contributed by atoms with Gasteiger partial charge in [0.1, 0.15) is 23.9 Å². The van der Waals surface area contributed by atoms with E-state index in [1.54, 1.807) is 12.1 Å². The number of nitrogens with two attached hydrogens (primary N) is 1. The number of carbonyl (C=O) groups excluding carboxylic acids is 1. The SMILES string of the molecule is NNC(=O)c1cccc(COc2cc(F)c(Cl)cc2Br)n1. The van der Waals surface area contributed by atoms with Crippen LogP contribution < -0.4 is 16.0 Å². The second-order valence-electron chi connectivity index (χ2n) is 3.97. The van der Waals surface area contributed by atoms with Gasteiger partial charge in [-0.05, 0) is 34.1 Å². The minimum atomic E-state index is -0.584. The number of benzene rings is 1. The Morgan fingerprint density at radius 2 is 2.24 bits per heavy atom. The van der Waals surface area contributed by atoms with Crippen molar-refractivity contribution in [2.45, 2.75) is 6.61 Å². The first-order valence-corrected chi connectivity index (χ1v) is 6.92. The number of aromatic nitrogens is 1. The first-order chi connectivity index (χ1) is 10.0. The molecule has 8 heteroatoms. The number of halogens is 3. The number of pyridine rings is 1. The standard InChI is InChI=1S/C13H10BrClFN3O2/c14-8-4-9(15)10(16)5-12(8)21-6-7-2-1-3-11(18-7)13(20)19-17/h1-5H,6,17H2,(H,19,20). The molecule has 0 saturated heterocycles. The molecule has 0 aliphatic rings. The highest BCUT2D eigenvalue weighted by Crippen LogP contribution is 2.30. The molecule has 3 N–H and O–H groups in total. The number of hydrazine groups is 1. The summed E-state index contributed by atoms with van der Waals surface area (Å²) in [5.74, 6) is 4.23. The zero-order valence-electron chi connectivity index (χ0n) is 10.6. The summed E-state index contributed by atoms with van der Waals surface area (Å²) in [6, 6.07) is 7.41. The van der Waals surface area contributed by atoms with Crippen molar-refractivity contribution >= 4 is 33.4 Å². The summed E-state index contributed by atoms with van der Waals surface area (Å²) in [7, 11) is 0. The van der Waals surface area contributed by atoms with E-state index in [-0.39, 0.29) is 23.1 Å². The van der Waals surface area contributed by atoms with Gasteiger partial charge in [-0.2, -0.15) is 0 Å². The van der Waals surface area contributed by atoms with Gasteiger partial charge in [0.25, 0.3) is 5.91 Å². The second-order valence-corrected chi connectivity index (χ2v) is 5.23. The zero-order chi connectivity index (χ0) is 15.4. The topological polar surface area (TPSA) is 77.2 Å². The molecule has 0 saturated carbocycles. The molecule has 2 rings (SSSR count). The number of nitrogens with zero attached hydrogens (tertiary/aromatic N) is 1. The number of rotatable bonds is 4. The first kappa shape index (κ1) is 15.7. The molecule has 1 aromatic heterocycles. The molecule has 0 spiro atoms. The quantitative estimate of drug-likeness (QED) is 0.373. The van der Waals surface area contributed by atoms with E-state index in [2.05, 4.69) is 20.9 Å². The number of amides is 1. The lowest BCUT2D eigenvalue weighted by molar-refractivity contribution is 0.0948. The Labute approximate surface area is 133 Å². The average Bonchev–Trinajstić information content (AvgIpc) is 2.49. The Bertz CT molecular complexity index is 684. The van der Waals surface area contributed by atoms with E-state index in [4.69, 9.17) is 22.2 Å². The molecule has 5 nitrogen and oxygen atoms in total. The van der Waals surface area contributed by atoms with E-state index < -0.39 is 11.7 Å². The van der Waals surface area contributed by atoms with Crippen LogP contribution in [-0.2, 0) is 6.61 Å². The molecule has 0 unspecified atom stereocenters. The third-order valence-electron chi connectivity index (χ3n) is 2.52. The third-order valence-corrected chi connectivity index (χ3v) is 3.43. The van der Waals surface area contributed by atoms with Gasteiger partial charge in [-0.25, -0.2) is 15.2 Å². The van der Waals surface area contributed by atoms with Crippen LogP contribution in [0.1, 0.15) is 16.2 Å². The molecule has 0 aliphatic carbocycles. The third kappa shape index (κ3) is 3.90. The van der Waals surface area contributed by atoms with Crippen LogP contribution in [0, 0.1) is 5.82 Å². The maximum atomic E-state index is 13.4. The number of ether oxygens (including phenoxy) is 1. The predicted molar refractivity (Wildman–Crippen MR) is 79.3 cm³/mol. The number of carbonyl (C=O) groups is 1. The molecule has 1 amide bonds. The lowest BCUT2D eigenvalue weighted by Gasteiger charge is -2.09. The van der Waals surface area contributed by atoms with Crippen LogP contribution in [0.4, 0.5) is 4.39 Å². The summed E-state index contributed by atoms with van der Waals surface area (Å²) in [4.78, 5) is 15.4.